The van der Waals surface area contributed by atoms with Crippen molar-refractivity contribution in [2.45, 2.75) is 123 Å². The molecule has 8 heterocycles. The van der Waals surface area contributed by atoms with Gasteiger partial charge in [-0.3, -0.25) is 19.2 Å². The largest absolute Gasteiger partial charge is 0.354 e. The van der Waals surface area contributed by atoms with Crippen molar-refractivity contribution in [2.75, 3.05) is 27.2 Å². The minimum absolute atomic E-state index is 0.0121. The average molecular weight is 1020 g/mol. The zero-order valence-electron chi connectivity index (χ0n) is 43.6. The molecule has 4 N–H and O–H groups in total. The van der Waals surface area contributed by atoms with Crippen molar-refractivity contribution in [2.24, 2.45) is 0 Å². The maximum Gasteiger partial charge on any atom is 0.261 e. The van der Waals surface area contributed by atoms with E-state index in [-0.39, 0.29) is 23.6 Å². The van der Waals surface area contributed by atoms with E-state index in [2.05, 4.69) is 121 Å². The van der Waals surface area contributed by atoms with Crippen molar-refractivity contribution in [1.82, 2.24) is 41.2 Å². The molecule has 70 heavy (non-hydrogen) atoms. The van der Waals surface area contributed by atoms with Crippen LogP contribution >= 0.6 is 45.3 Å². The van der Waals surface area contributed by atoms with E-state index in [1.54, 1.807) is 14.1 Å². The summed E-state index contributed by atoms with van der Waals surface area (Å²) in [5.41, 5.74) is 13.3. The van der Waals surface area contributed by atoms with Gasteiger partial charge in [-0.05, 0) is 164 Å². The minimum Gasteiger partial charge on any atom is -0.354 e. The summed E-state index contributed by atoms with van der Waals surface area (Å²) in [7, 11) is 3.33. The monoisotopic (exact) mass is 1020 g/mol. The Morgan fingerprint density at radius 3 is 0.786 bits per heavy atom. The quantitative estimate of drug-likeness (QED) is 0.105. The predicted octanol–water partition coefficient (Wildman–Crippen LogP) is 12.1. The van der Waals surface area contributed by atoms with E-state index >= 15 is 0 Å². The van der Waals surface area contributed by atoms with Crippen molar-refractivity contribution in [3.8, 4) is 0 Å². The molecule has 0 aliphatic rings. The third kappa shape index (κ3) is 11.9. The molecule has 0 saturated heterocycles. The average Bonchev–Trinajstić information content (AvgIpc) is 4.09. The maximum atomic E-state index is 12.1. The number of hydrogen-bond donors (Lipinski definition) is 4. The van der Waals surface area contributed by atoms with Gasteiger partial charge in [-0.1, -0.05) is 27.7 Å². The van der Waals surface area contributed by atoms with Crippen molar-refractivity contribution in [3.05, 3.63) is 111 Å². The molecule has 372 valence electrons. The molecule has 0 saturated carbocycles. The second-order valence-corrected chi connectivity index (χ2v) is 21.0. The van der Waals surface area contributed by atoms with E-state index in [0.29, 0.717) is 13.1 Å². The van der Waals surface area contributed by atoms with Crippen LogP contribution in [0.2, 0.25) is 0 Å². The minimum atomic E-state index is -0.0121. The number of nitrogens with zero attached hydrogens (tertiary/aromatic N) is 4. The van der Waals surface area contributed by atoms with Crippen LogP contribution in [0.5, 0.6) is 0 Å². The number of aryl methyl sites for hydroxylation is 12. The van der Waals surface area contributed by atoms with E-state index in [4.69, 9.17) is 0 Å². The summed E-state index contributed by atoms with van der Waals surface area (Å²) in [6.45, 7) is 29.8. The summed E-state index contributed by atoms with van der Waals surface area (Å²) in [5.74, 6) is 0.0209. The SMILES string of the molecule is CCNC(=O)c1sc2nc(C)cc(C)c2c1CC.CCNC(=O)c1sc2nc(C)cc(C)c2c1CC.CCc1c(C(=O)NC)sc2nc(C)cc(C)c12.CCc1c(C(=O)NC)sc2nc(C)cc(C)c12. The van der Waals surface area contributed by atoms with Crippen molar-refractivity contribution >= 4 is 110 Å². The normalized spacial score (nSPS) is 10.9. The molecule has 0 aliphatic carbocycles. The second kappa shape index (κ2) is 24.4. The first kappa shape index (κ1) is 55.2. The van der Waals surface area contributed by atoms with Crippen LogP contribution in [0.3, 0.4) is 0 Å². The zero-order valence-corrected chi connectivity index (χ0v) is 46.9. The Balaban J connectivity index is 0.000000174. The van der Waals surface area contributed by atoms with Crippen LogP contribution in [0.4, 0.5) is 0 Å². The Bertz CT molecular complexity index is 3020. The van der Waals surface area contributed by atoms with Gasteiger partial charge in [-0.25, -0.2) is 19.9 Å². The number of amides is 4. The van der Waals surface area contributed by atoms with Gasteiger partial charge in [0.1, 0.15) is 19.3 Å². The number of nitrogens with one attached hydrogen (secondary N) is 4. The lowest BCUT2D eigenvalue weighted by atomic mass is 10.0. The third-order valence-electron chi connectivity index (χ3n) is 11.7. The molecule has 0 spiro atoms. The van der Waals surface area contributed by atoms with Crippen LogP contribution in [-0.2, 0) is 25.7 Å². The smallest absolute Gasteiger partial charge is 0.261 e. The second-order valence-electron chi connectivity index (χ2n) is 17.0. The molecule has 0 bridgehead atoms. The van der Waals surface area contributed by atoms with Crippen LogP contribution in [-0.4, -0.2) is 70.7 Å². The summed E-state index contributed by atoms with van der Waals surface area (Å²) in [6, 6.07) is 8.30. The molecule has 0 radical (unpaired) electrons. The number of carbonyl (C=O) groups is 4. The molecule has 12 nitrogen and oxygen atoms in total. The summed E-state index contributed by atoms with van der Waals surface area (Å²) < 4.78 is 0. The van der Waals surface area contributed by atoms with Gasteiger partial charge in [0.05, 0.1) is 19.5 Å². The van der Waals surface area contributed by atoms with Gasteiger partial charge < -0.3 is 21.3 Å². The van der Waals surface area contributed by atoms with Gasteiger partial charge >= 0.3 is 0 Å². The molecular weight excluding hydrogens is 953 g/mol. The van der Waals surface area contributed by atoms with Gasteiger partial charge in [-0.2, -0.15) is 0 Å². The van der Waals surface area contributed by atoms with Crippen LogP contribution in [0.1, 0.15) is 148 Å². The molecule has 0 fully saturated rings. The number of pyridine rings is 4. The van der Waals surface area contributed by atoms with Gasteiger partial charge in [0.25, 0.3) is 23.6 Å². The molecular formula is C54H68N8O4S4. The summed E-state index contributed by atoms with van der Waals surface area (Å²) >= 11 is 5.98. The molecule has 0 aliphatic heterocycles. The molecule has 16 heteroatoms. The fourth-order valence-corrected chi connectivity index (χ4v) is 14.1. The molecule has 4 amide bonds. The summed E-state index contributed by atoms with van der Waals surface area (Å²) in [5, 5.41) is 15.8. The lowest BCUT2D eigenvalue weighted by Crippen LogP contribution is -2.22. The van der Waals surface area contributed by atoms with Crippen LogP contribution in [0, 0.1) is 55.4 Å². The van der Waals surface area contributed by atoms with Crippen LogP contribution < -0.4 is 21.3 Å². The highest BCUT2D eigenvalue weighted by molar-refractivity contribution is 7.21. The van der Waals surface area contributed by atoms with E-state index in [9.17, 15) is 19.2 Å². The molecule has 8 aromatic rings. The van der Waals surface area contributed by atoms with Gasteiger partial charge in [0, 0.05) is 71.5 Å². The van der Waals surface area contributed by atoms with Crippen molar-refractivity contribution < 1.29 is 19.2 Å². The Hall–Kier alpha value is -5.68. The number of fused-ring (bicyclic) bond motifs is 4. The Morgan fingerprint density at radius 2 is 0.600 bits per heavy atom. The van der Waals surface area contributed by atoms with Crippen molar-refractivity contribution in [3.63, 3.8) is 0 Å². The predicted molar refractivity (Wildman–Crippen MR) is 297 cm³/mol. The van der Waals surface area contributed by atoms with E-state index < -0.39 is 0 Å². The van der Waals surface area contributed by atoms with E-state index in [0.717, 1.165) is 131 Å². The Labute approximate surface area is 428 Å². The Kier molecular flexibility index (Phi) is 19.3. The highest BCUT2D eigenvalue weighted by Gasteiger charge is 2.22. The number of aromatic nitrogens is 4. The first-order valence-corrected chi connectivity index (χ1v) is 27.2. The van der Waals surface area contributed by atoms with Crippen LogP contribution in [0.25, 0.3) is 40.9 Å². The first-order valence-electron chi connectivity index (χ1n) is 23.9. The number of thiophene rings is 4. The standard InChI is InChI=1S/2C14H18N2OS.2C13H16N2OS/c2*1-5-10-11-8(3)7-9(4)16-14(11)18-12(10)13(17)15-6-2;2*1-5-9-10-7(2)6-8(3)15-13(10)17-11(9)12(16)14-4/h2*7H,5-6H2,1-4H3,(H,15,17);2*6H,5H2,1-4H3,(H,14,16). The lowest BCUT2D eigenvalue weighted by Gasteiger charge is -2.03. The fourth-order valence-electron chi connectivity index (χ4n) is 8.85. The zero-order chi connectivity index (χ0) is 51.7. The number of rotatable bonds is 10. The molecule has 8 rings (SSSR count). The number of hydrogen-bond acceptors (Lipinski definition) is 12. The third-order valence-corrected chi connectivity index (χ3v) is 16.2. The van der Waals surface area contributed by atoms with Gasteiger partial charge in [-0.15, -0.1) is 45.3 Å². The fraction of sp³-hybridized carbons (Fsp3) is 0.407. The topological polar surface area (TPSA) is 168 Å². The maximum absolute atomic E-state index is 12.1. The van der Waals surface area contributed by atoms with Gasteiger partial charge in [0.2, 0.25) is 0 Å². The summed E-state index contributed by atoms with van der Waals surface area (Å²) in [6.07, 6.45) is 3.43. The van der Waals surface area contributed by atoms with E-state index in [1.165, 1.54) is 67.6 Å². The highest BCUT2D eigenvalue weighted by atomic mass is 32.1. The summed E-state index contributed by atoms with van der Waals surface area (Å²) in [4.78, 5) is 73.0. The molecule has 0 atom stereocenters. The van der Waals surface area contributed by atoms with E-state index in [1.807, 2.05) is 41.5 Å². The lowest BCUT2D eigenvalue weighted by molar-refractivity contribution is 0.0950. The van der Waals surface area contributed by atoms with Crippen LogP contribution in [0.15, 0.2) is 24.3 Å². The first-order chi connectivity index (χ1) is 33.3. The Morgan fingerprint density at radius 1 is 0.386 bits per heavy atom. The highest BCUT2D eigenvalue weighted by Crippen LogP contribution is 2.36. The van der Waals surface area contributed by atoms with Gasteiger partial charge in [0.15, 0.2) is 0 Å². The number of carbonyl (C=O) groups excluding carboxylic acids is 4. The molecule has 0 aromatic carbocycles. The molecule has 0 unspecified atom stereocenters. The molecule has 8 aromatic heterocycles. The van der Waals surface area contributed by atoms with Crippen molar-refractivity contribution in [1.29, 1.82) is 0 Å².